The summed E-state index contributed by atoms with van der Waals surface area (Å²) >= 11 is 0. The van der Waals surface area contributed by atoms with E-state index in [1.165, 1.54) is 38.5 Å². The average Bonchev–Trinajstić information content (AvgIpc) is 2.91. The van der Waals surface area contributed by atoms with Gasteiger partial charge in [-0.2, -0.15) is 4.98 Å². The zero-order chi connectivity index (χ0) is 27.4. The highest BCUT2D eigenvalue weighted by atomic mass is 32.2. The zero-order valence-corrected chi connectivity index (χ0v) is 22.0. The molecule has 4 rings (SSSR count). The standard InChI is InChI=1S/C28H27FN2O6S/c1-4-5-9-24-30-27(32)26(28(33)31(24)25-22(36-2)7-6-8-23(25)37-3)38(34,35)21-16-12-19(13-17-21)18-10-14-20(29)15-11-18/h6-8,10-17,32H,4-5,9H2,1-3H3. The molecular formula is C28H27FN2O6S. The number of halogens is 1. The number of hydrogen-bond donors (Lipinski definition) is 1. The van der Waals surface area contributed by atoms with E-state index in [0.717, 1.165) is 11.0 Å². The summed E-state index contributed by atoms with van der Waals surface area (Å²) < 4.78 is 52.6. The summed E-state index contributed by atoms with van der Waals surface area (Å²) in [7, 11) is -1.66. The molecule has 8 nitrogen and oxygen atoms in total. The molecule has 0 amide bonds. The molecule has 1 heterocycles. The van der Waals surface area contributed by atoms with Gasteiger partial charge in [-0.25, -0.2) is 12.8 Å². The summed E-state index contributed by atoms with van der Waals surface area (Å²) in [5, 5.41) is 10.7. The highest BCUT2D eigenvalue weighted by Gasteiger charge is 2.31. The predicted octanol–water partition coefficient (Wildman–Crippen LogP) is 4.94. The number of unbranched alkanes of at least 4 members (excludes halogenated alkanes) is 1. The second-order valence-corrected chi connectivity index (χ2v) is 10.4. The van der Waals surface area contributed by atoms with Crippen LogP contribution >= 0.6 is 0 Å². The summed E-state index contributed by atoms with van der Waals surface area (Å²) in [6.07, 6.45) is 1.72. The molecule has 0 atom stereocenters. The fraction of sp³-hybridized carbons (Fsp3) is 0.214. The van der Waals surface area contributed by atoms with E-state index in [1.54, 1.807) is 42.5 Å². The van der Waals surface area contributed by atoms with Crippen LogP contribution in [0.1, 0.15) is 25.6 Å². The Bertz CT molecular complexity index is 1590. The smallest absolute Gasteiger partial charge is 0.281 e. The molecule has 3 aromatic carbocycles. The molecule has 0 fully saturated rings. The first kappa shape index (κ1) is 26.9. The summed E-state index contributed by atoms with van der Waals surface area (Å²) in [6, 6.07) is 16.4. The molecule has 0 spiro atoms. The molecular weight excluding hydrogens is 511 g/mol. The molecule has 198 valence electrons. The second kappa shape index (κ2) is 11.1. The minimum absolute atomic E-state index is 0.169. The van der Waals surface area contributed by atoms with Crippen LogP contribution in [0, 0.1) is 5.82 Å². The summed E-state index contributed by atoms with van der Waals surface area (Å²) in [5.41, 5.74) is 0.543. The van der Waals surface area contributed by atoms with E-state index in [2.05, 4.69) is 4.98 Å². The number of ether oxygens (including phenoxy) is 2. The summed E-state index contributed by atoms with van der Waals surface area (Å²) in [5.74, 6) is -0.565. The Balaban J connectivity index is 1.92. The third kappa shape index (κ3) is 4.99. The van der Waals surface area contributed by atoms with E-state index >= 15 is 0 Å². The van der Waals surface area contributed by atoms with E-state index in [1.807, 2.05) is 6.92 Å². The molecule has 10 heteroatoms. The second-order valence-electron chi connectivity index (χ2n) is 8.47. The van der Waals surface area contributed by atoms with Crippen LogP contribution in [0.2, 0.25) is 0 Å². The molecule has 0 bridgehead atoms. The monoisotopic (exact) mass is 538 g/mol. The summed E-state index contributed by atoms with van der Waals surface area (Å²) in [4.78, 5) is 17.0. The fourth-order valence-corrected chi connectivity index (χ4v) is 5.48. The van der Waals surface area contributed by atoms with E-state index in [0.29, 0.717) is 24.0 Å². The molecule has 1 N–H and O–H groups in total. The van der Waals surface area contributed by atoms with Gasteiger partial charge in [0.1, 0.15) is 28.8 Å². The van der Waals surface area contributed by atoms with Crippen molar-refractivity contribution in [1.29, 1.82) is 0 Å². The molecule has 0 unspecified atom stereocenters. The Kier molecular flexibility index (Phi) is 7.82. The van der Waals surface area contributed by atoms with Crippen LogP contribution in [0.3, 0.4) is 0 Å². The lowest BCUT2D eigenvalue weighted by atomic mass is 10.1. The van der Waals surface area contributed by atoms with Crippen LogP contribution < -0.4 is 15.0 Å². The van der Waals surface area contributed by atoms with Crippen LogP contribution in [-0.4, -0.2) is 37.3 Å². The quantitative estimate of drug-likeness (QED) is 0.322. The molecule has 0 radical (unpaired) electrons. The zero-order valence-electron chi connectivity index (χ0n) is 21.1. The van der Waals surface area contributed by atoms with Gasteiger partial charge < -0.3 is 14.6 Å². The number of aryl methyl sites for hydroxylation is 1. The maximum atomic E-state index is 13.9. The topological polar surface area (TPSA) is 108 Å². The predicted molar refractivity (Wildman–Crippen MR) is 141 cm³/mol. The van der Waals surface area contributed by atoms with Gasteiger partial charge in [0.2, 0.25) is 15.7 Å². The molecule has 38 heavy (non-hydrogen) atoms. The van der Waals surface area contributed by atoms with Crippen LogP contribution in [0.25, 0.3) is 16.8 Å². The molecule has 0 saturated heterocycles. The number of rotatable bonds is 9. The van der Waals surface area contributed by atoms with Crippen molar-refractivity contribution in [3.05, 3.63) is 88.7 Å². The number of aromatic nitrogens is 2. The van der Waals surface area contributed by atoms with E-state index in [9.17, 15) is 22.7 Å². The minimum Gasteiger partial charge on any atom is -0.494 e. The van der Waals surface area contributed by atoms with Crippen LogP contribution in [0.15, 0.2) is 81.3 Å². The number of hydrogen-bond acceptors (Lipinski definition) is 7. The fourth-order valence-electron chi connectivity index (χ4n) is 4.14. The lowest BCUT2D eigenvalue weighted by Crippen LogP contribution is -2.29. The van der Waals surface area contributed by atoms with Crippen molar-refractivity contribution in [2.24, 2.45) is 0 Å². The number of aromatic hydroxyl groups is 1. The maximum absolute atomic E-state index is 13.9. The number of sulfone groups is 1. The Morgan fingerprint density at radius 2 is 1.47 bits per heavy atom. The van der Waals surface area contributed by atoms with Crippen LogP contribution in [0.5, 0.6) is 17.4 Å². The first-order valence-corrected chi connectivity index (χ1v) is 13.4. The Morgan fingerprint density at radius 1 is 0.921 bits per heavy atom. The van der Waals surface area contributed by atoms with E-state index in [4.69, 9.17) is 9.47 Å². The third-order valence-electron chi connectivity index (χ3n) is 6.08. The Hall–Kier alpha value is -4.18. The van der Waals surface area contributed by atoms with Gasteiger partial charge in [-0.05, 0) is 53.9 Å². The highest BCUT2D eigenvalue weighted by Crippen LogP contribution is 2.34. The summed E-state index contributed by atoms with van der Waals surface area (Å²) in [6.45, 7) is 1.96. The first-order chi connectivity index (χ1) is 18.2. The molecule has 0 aliphatic heterocycles. The maximum Gasteiger partial charge on any atom is 0.281 e. The Morgan fingerprint density at radius 3 is 2.00 bits per heavy atom. The van der Waals surface area contributed by atoms with Gasteiger partial charge in [0.05, 0.1) is 19.1 Å². The lowest BCUT2D eigenvalue weighted by Gasteiger charge is -2.19. The number of para-hydroxylation sites is 1. The highest BCUT2D eigenvalue weighted by molar-refractivity contribution is 7.91. The normalized spacial score (nSPS) is 11.4. The van der Waals surface area contributed by atoms with E-state index in [-0.39, 0.29) is 33.7 Å². The van der Waals surface area contributed by atoms with Crippen molar-refractivity contribution in [2.45, 2.75) is 36.0 Å². The molecule has 4 aromatic rings. The number of nitrogens with zero attached hydrogens (tertiary/aromatic N) is 2. The number of benzene rings is 3. The molecule has 0 saturated carbocycles. The van der Waals surface area contributed by atoms with Crippen molar-refractivity contribution in [2.75, 3.05) is 14.2 Å². The van der Waals surface area contributed by atoms with Gasteiger partial charge in [-0.1, -0.05) is 43.7 Å². The van der Waals surface area contributed by atoms with E-state index < -0.39 is 26.2 Å². The molecule has 1 aromatic heterocycles. The van der Waals surface area contributed by atoms with Gasteiger partial charge in [-0.3, -0.25) is 9.36 Å². The number of methoxy groups -OCH3 is 2. The lowest BCUT2D eigenvalue weighted by molar-refractivity contribution is 0.386. The average molecular weight is 539 g/mol. The SMILES string of the molecule is CCCCc1nc(O)c(S(=O)(=O)c2ccc(-c3ccc(F)cc3)cc2)c(=O)n1-c1c(OC)cccc1OC. The van der Waals surface area contributed by atoms with Crippen molar-refractivity contribution in [3.8, 4) is 34.2 Å². The van der Waals surface area contributed by atoms with Gasteiger partial charge in [0.15, 0.2) is 4.90 Å². The van der Waals surface area contributed by atoms with Gasteiger partial charge >= 0.3 is 0 Å². The van der Waals surface area contributed by atoms with Gasteiger partial charge in [0, 0.05) is 6.42 Å². The van der Waals surface area contributed by atoms with Crippen molar-refractivity contribution in [3.63, 3.8) is 0 Å². The first-order valence-electron chi connectivity index (χ1n) is 11.9. The minimum atomic E-state index is -4.50. The largest absolute Gasteiger partial charge is 0.494 e. The van der Waals surface area contributed by atoms with Gasteiger partial charge in [-0.15, -0.1) is 0 Å². The Labute approximate surface area is 219 Å². The third-order valence-corrected chi connectivity index (χ3v) is 7.87. The van der Waals surface area contributed by atoms with Crippen LogP contribution in [-0.2, 0) is 16.3 Å². The molecule has 0 aliphatic rings. The van der Waals surface area contributed by atoms with Crippen molar-refractivity contribution >= 4 is 9.84 Å². The van der Waals surface area contributed by atoms with Crippen molar-refractivity contribution in [1.82, 2.24) is 9.55 Å². The molecule has 0 aliphatic carbocycles. The van der Waals surface area contributed by atoms with Crippen LogP contribution in [0.4, 0.5) is 4.39 Å². The van der Waals surface area contributed by atoms with Gasteiger partial charge in [0.25, 0.3) is 5.56 Å². The van der Waals surface area contributed by atoms with Crippen molar-refractivity contribution < 1.29 is 27.4 Å².